The minimum Gasteiger partial charge on any atom is -1.00 e. The lowest BCUT2D eigenvalue weighted by atomic mass is 10.2. The molecule has 0 amide bonds. The topological polar surface area (TPSA) is 17.1 Å². The van der Waals surface area contributed by atoms with E-state index in [0.717, 1.165) is 5.56 Å². The normalized spacial score (nSPS) is 11.1. The number of carbonyl (C=O) groups is 1. The maximum atomic E-state index is 13.3. The molecule has 0 radical (unpaired) electrons. The Morgan fingerprint density at radius 1 is 0.581 bits per heavy atom. The van der Waals surface area contributed by atoms with Gasteiger partial charge in [0.15, 0.2) is 5.78 Å². The summed E-state index contributed by atoms with van der Waals surface area (Å²) < 4.78 is 0. The molecule has 4 aromatic carbocycles. The van der Waals surface area contributed by atoms with Gasteiger partial charge in [-0.15, -0.1) is 0 Å². The van der Waals surface area contributed by atoms with Gasteiger partial charge in [0.05, 0.1) is 0 Å². The van der Waals surface area contributed by atoms with E-state index in [1.807, 2.05) is 54.6 Å². The highest BCUT2D eigenvalue weighted by atomic mass is 79.9. The monoisotopic (exact) mass is 486 g/mol. The third-order valence-electron chi connectivity index (χ3n) is 5.25. The highest BCUT2D eigenvalue weighted by molar-refractivity contribution is 7.96. The molecular weight excluding hydrogens is 463 g/mol. The lowest BCUT2D eigenvalue weighted by molar-refractivity contribution is -0.112. The van der Waals surface area contributed by atoms with E-state index in [1.54, 1.807) is 6.08 Å². The Hall–Kier alpha value is -2.80. The van der Waals surface area contributed by atoms with Crippen molar-refractivity contribution in [3.8, 4) is 0 Å². The molecular formula is C28H24BrOP. The van der Waals surface area contributed by atoms with Gasteiger partial charge in [-0.3, -0.25) is 4.79 Å². The van der Waals surface area contributed by atoms with Crippen molar-refractivity contribution < 1.29 is 21.8 Å². The molecule has 0 N–H and O–H groups in total. The number of carbonyl (C=O) groups excluding carboxylic acids is 1. The molecule has 154 valence electrons. The largest absolute Gasteiger partial charge is 1.00 e. The second-order valence-electron chi connectivity index (χ2n) is 7.18. The first-order valence-corrected chi connectivity index (χ1v) is 12.1. The van der Waals surface area contributed by atoms with Gasteiger partial charge in [-0.25, -0.2) is 0 Å². The minimum absolute atomic E-state index is 0. The van der Waals surface area contributed by atoms with Gasteiger partial charge in [-0.05, 0) is 48.0 Å². The van der Waals surface area contributed by atoms with Crippen LogP contribution in [0.5, 0.6) is 0 Å². The number of benzene rings is 4. The van der Waals surface area contributed by atoms with Crippen molar-refractivity contribution in [3.63, 3.8) is 0 Å². The summed E-state index contributed by atoms with van der Waals surface area (Å²) in [5.41, 5.74) is 1.04. The Kier molecular flexibility index (Phi) is 8.12. The third kappa shape index (κ3) is 5.28. The number of allylic oxidation sites excluding steroid dienone is 1. The van der Waals surface area contributed by atoms with E-state index in [9.17, 15) is 4.79 Å². The molecule has 0 fully saturated rings. The van der Waals surface area contributed by atoms with Crippen LogP contribution in [0.15, 0.2) is 127 Å². The second-order valence-corrected chi connectivity index (χ2v) is 10.7. The summed E-state index contributed by atoms with van der Waals surface area (Å²) >= 11 is 0. The van der Waals surface area contributed by atoms with Crippen LogP contribution >= 0.6 is 7.26 Å². The Labute approximate surface area is 195 Å². The zero-order valence-electron chi connectivity index (χ0n) is 17.1. The van der Waals surface area contributed by atoms with E-state index in [1.165, 1.54) is 15.9 Å². The van der Waals surface area contributed by atoms with Gasteiger partial charge in [-0.1, -0.05) is 91.0 Å². The average molecular weight is 487 g/mol. The zero-order valence-corrected chi connectivity index (χ0v) is 19.6. The Balaban J connectivity index is 0.00000272. The van der Waals surface area contributed by atoms with Crippen molar-refractivity contribution in [1.29, 1.82) is 0 Å². The van der Waals surface area contributed by atoms with Crippen LogP contribution in [-0.4, -0.2) is 11.9 Å². The molecule has 0 unspecified atom stereocenters. The summed E-state index contributed by atoms with van der Waals surface area (Å²) in [6, 6.07) is 41.5. The fourth-order valence-electron chi connectivity index (χ4n) is 3.81. The smallest absolute Gasteiger partial charge is 0.193 e. The van der Waals surface area contributed by atoms with Crippen LogP contribution in [0.2, 0.25) is 0 Å². The number of rotatable bonds is 7. The van der Waals surface area contributed by atoms with E-state index in [0.29, 0.717) is 6.16 Å². The molecule has 0 atom stereocenters. The van der Waals surface area contributed by atoms with Crippen LogP contribution in [0.1, 0.15) is 5.56 Å². The fraction of sp³-hybridized carbons (Fsp3) is 0.0357. The summed E-state index contributed by atoms with van der Waals surface area (Å²) in [6.45, 7) is 0. The number of hydrogen-bond donors (Lipinski definition) is 0. The molecule has 31 heavy (non-hydrogen) atoms. The molecule has 0 aliphatic carbocycles. The van der Waals surface area contributed by atoms with Crippen molar-refractivity contribution in [1.82, 2.24) is 0 Å². The SMILES string of the molecule is O=C(C=Cc1ccccc1)C[P+](c1ccccc1)(c1ccccc1)c1ccccc1.[Br-]. The van der Waals surface area contributed by atoms with Crippen molar-refractivity contribution in [3.05, 3.63) is 133 Å². The van der Waals surface area contributed by atoms with Crippen molar-refractivity contribution in [2.75, 3.05) is 6.16 Å². The predicted octanol–water partition coefficient (Wildman–Crippen LogP) is 2.27. The molecule has 0 heterocycles. The first-order valence-electron chi connectivity index (χ1n) is 10.1. The molecule has 0 aliphatic heterocycles. The highest BCUT2D eigenvalue weighted by Gasteiger charge is 2.46. The molecule has 0 bridgehead atoms. The highest BCUT2D eigenvalue weighted by Crippen LogP contribution is 2.55. The summed E-state index contributed by atoms with van der Waals surface area (Å²) in [6.07, 6.45) is 4.12. The lowest BCUT2D eigenvalue weighted by Gasteiger charge is -2.26. The molecule has 0 saturated carbocycles. The van der Waals surface area contributed by atoms with Gasteiger partial charge in [0, 0.05) is 0 Å². The van der Waals surface area contributed by atoms with Crippen LogP contribution in [0.25, 0.3) is 6.08 Å². The van der Waals surface area contributed by atoms with E-state index in [2.05, 4.69) is 72.8 Å². The zero-order chi connectivity index (χ0) is 20.7. The lowest BCUT2D eigenvalue weighted by Crippen LogP contribution is -3.00. The molecule has 1 nitrogen and oxygen atoms in total. The van der Waals surface area contributed by atoms with E-state index >= 15 is 0 Å². The van der Waals surface area contributed by atoms with Crippen LogP contribution < -0.4 is 32.9 Å². The van der Waals surface area contributed by atoms with Crippen LogP contribution in [0.4, 0.5) is 0 Å². The molecule has 0 saturated heterocycles. The van der Waals surface area contributed by atoms with Crippen molar-refractivity contribution in [2.45, 2.75) is 0 Å². The van der Waals surface area contributed by atoms with E-state index in [-0.39, 0.29) is 22.8 Å². The number of hydrogen-bond acceptors (Lipinski definition) is 1. The van der Waals surface area contributed by atoms with Crippen LogP contribution in [0.3, 0.4) is 0 Å². The Bertz CT molecular complexity index is 1010. The van der Waals surface area contributed by atoms with Crippen LogP contribution in [0, 0.1) is 0 Å². The standard InChI is InChI=1S/C28H24OP.BrH/c29-25(22-21-24-13-5-1-6-14-24)23-30(26-15-7-2-8-16-26,27-17-9-3-10-18-27)28-19-11-4-12-20-28;/h1-22H,23H2;1H/q+1;/p-1. The van der Waals surface area contributed by atoms with Gasteiger partial charge >= 0.3 is 0 Å². The maximum Gasteiger partial charge on any atom is 0.193 e. The van der Waals surface area contributed by atoms with Gasteiger partial charge in [0.2, 0.25) is 0 Å². The first-order chi connectivity index (χ1) is 14.8. The number of ketones is 1. The average Bonchev–Trinajstić information content (AvgIpc) is 2.83. The predicted molar refractivity (Wildman–Crippen MR) is 130 cm³/mol. The first kappa shape index (κ1) is 22.9. The quantitative estimate of drug-likeness (QED) is 0.289. The van der Waals surface area contributed by atoms with Gasteiger partial charge < -0.3 is 17.0 Å². The summed E-state index contributed by atoms with van der Waals surface area (Å²) in [5, 5.41) is 3.68. The Morgan fingerprint density at radius 3 is 1.32 bits per heavy atom. The van der Waals surface area contributed by atoms with E-state index < -0.39 is 7.26 Å². The summed E-state index contributed by atoms with van der Waals surface area (Å²) in [4.78, 5) is 13.3. The van der Waals surface area contributed by atoms with Crippen LogP contribution in [-0.2, 0) is 4.79 Å². The minimum atomic E-state index is -2.13. The van der Waals surface area contributed by atoms with E-state index in [4.69, 9.17) is 0 Å². The van der Waals surface area contributed by atoms with Crippen molar-refractivity contribution in [2.24, 2.45) is 0 Å². The number of halogens is 1. The molecule has 0 spiro atoms. The van der Waals surface area contributed by atoms with Gasteiger partial charge in [-0.2, -0.15) is 0 Å². The fourth-order valence-corrected chi connectivity index (χ4v) is 7.87. The molecule has 4 rings (SSSR count). The molecule has 0 aromatic heterocycles. The summed E-state index contributed by atoms with van der Waals surface area (Å²) in [5.74, 6) is 0.142. The molecule has 4 aromatic rings. The maximum absolute atomic E-state index is 13.3. The van der Waals surface area contributed by atoms with Crippen molar-refractivity contribution >= 4 is 35.0 Å². The third-order valence-corrected chi connectivity index (χ3v) is 9.57. The molecule has 3 heteroatoms. The summed E-state index contributed by atoms with van der Waals surface area (Å²) in [7, 11) is -2.13. The second kappa shape index (κ2) is 11.0. The van der Waals surface area contributed by atoms with Gasteiger partial charge in [0.1, 0.15) is 29.3 Å². The Morgan fingerprint density at radius 2 is 0.935 bits per heavy atom. The van der Waals surface area contributed by atoms with Gasteiger partial charge in [0.25, 0.3) is 0 Å². The molecule has 0 aliphatic rings.